The zero-order valence-corrected chi connectivity index (χ0v) is 23.7. The van der Waals surface area contributed by atoms with Crippen LogP contribution >= 0.6 is 67.8 Å². The van der Waals surface area contributed by atoms with Crippen molar-refractivity contribution in [1.82, 2.24) is 0 Å². The van der Waals surface area contributed by atoms with Gasteiger partial charge >= 0.3 is 0 Å². The molecule has 5 heteroatoms. The summed E-state index contributed by atoms with van der Waals surface area (Å²) in [6, 6.07) is 0. The Balaban J connectivity index is -0.000000640. The molecule has 0 aromatic carbocycles. The first-order valence-electron chi connectivity index (χ1n) is 8.75. The molecule has 0 amide bonds. The normalized spacial score (nSPS) is 10.9. The third-order valence-corrected chi connectivity index (χ3v) is 3.94. The summed E-state index contributed by atoms with van der Waals surface area (Å²) in [5.74, 6) is 0. The minimum Gasteiger partial charge on any atom is -1.00 e. The largest absolute Gasteiger partial charge is 1.00 e. The van der Waals surface area contributed by atoms with Crippen LogP contribution in [0.25, 0.3) is 0 Å². The van der Waals surface area contributed by atoms with Gasteiger partial charge in [0.05, 0.1) is 26.2 Å². The van der Waals surface area contributed by atoms with Gasteiger partial charge in [-0.05, 0) is 25.7 Å². The Morgan fingerprint density at radius 2 is 0.773 bits per heavy atom. The first-order valence-corrected chi connectivity index (χ1v) is 12.5. The van der Waals surface area contributed by atoms with E-state index in [1.165, 1.54) is 82.0 Å². The van der Waals surface area contributed by atoms with Crippen LogP contribution in [-0.2, 0) is 0 Å². The van der Waals surface area contributed by atoms with Gasteiger partial charge in [0.25, 0.3) is 0 Å². The fraction of sp³-hybridized carbons (Fsp3) is 1.00. The maximum Gasteiger partial charge on any atom is 0.114 e. The van der Waals surface area contributed by atoms with Crippen LogP contribution in [0.3, 0.4) is 0 Å². The summed E-state index contributed by atoms with van der Waals surface area (Å²) >= 11 is 6.95. The predicted octanol–water partition coefficient (Wildman–Crippen LogP) is 4.58. The van der Waals surface area contributed by atoms with Crippen molar-refractivity contribution in [3.63, 3.8) is 0 Å². The maximum atomic E-state index is 2.33. The molecular weight excluding hydrogens is 726 g/mol. The van der Waals surface area contributed by atoms with E-state index in [2.05, 4.69) is 95.5 Å². The molecule has 0 unspecified atom stereocenters. The number of halogens is 4. The van der Waals surface area contributed by atoms with Gasteiger partial charge in [0, 0.05) is 0 Å². The van der Waals surface area contributed by atoms with Crippen LogP contribution in [0.5, 0.6) is 0 Å². The molecule has 0 saturated carbocycles. The average Bonchev–Trinajstić information content (AvgIpc) is 2.45. The van der Waals surface area contributed by atoms with E-state index in [0.29, 0.717) is 0 Å². The lowest BCUT2D eigenvalue weighted by Gasteiger charge is -2.39. The molecule has 0 heterocycles. The molecule has 1 nitrogen and oxygen atoms in total. The lowest BCUT2D eigenvalue weighted by Crippen LogP contribution is -3.00. The Morgan fingerprint density at radius 1 is 0.591 bits per heavy atom. The molecule has 0 rings (SSSR count). The van der Waals surface area contributed by atoms with Gasteiger partial charge in [-0.15, -0.1) is 0 Å². The molecule has 0 aliphatic rings. The first-order chi connectivity index (χ1) is 9.97. The quantitative estimate of drug-likeness (QED) is 0.155. The van der Waals surface area contributed by atoms with Crippen LogP contribution in [0.1, 0.15) is 79.1 Å². The van der Waals surface area contributed by atoms with E-state index >= 15 is 0 Å². The van der Waals surface area contributed by atoms with E-state index in [-0.39, 0.29) is 24.0 Å². The molecule has 0 radical (unpaired) electrons. The summed E-state index contributed by atoms with van der Waals surface area (Å²) in [5, 5.41) is 0. The smallest absolute Gasteiger partial charge is 0.114 e. The first kappa shape index (κ1) is 29.6. The fourth-order valence-corrected chi connectivity index (χ4v) is 2.64. The highest BCUT2D eigenvalue weighted by Gasteiger charge is 2.24. The Morgan fingerprint density at radius 3 is 0.909 bits per heavy atom. The molecule has 0 N–H and O–H groups in total. The van der Waals surface area contributed by atoms with Gasteiger partial charge in [0.2, 0.25) is 0 Å². The summed E-state index contributed by atoms with van der Waals surface area (Å²) in [4.78, 5) is 0. The fourth-order valence-electron chi connectivity index (χ4n) is 2.64. The summed E-state index contributed by atoms with van der Waals surface area (Å²) in [6.07, 6.45) is 11.1. The minimum absolute atomic E-state index is 0. The molecule has 0 aromatic heterocycles. The number of hydrogen-bond donors (Lipinski definition) is 0. The van der Waals surface area contributed by atoms with E-state index in [1.54, 1.807) is 0 Å². The second kappa shape index (κ2) is 21.9. The van der Waals surface area contributed by atoms with E-state index in [9.17, 15) is 0 Å². The molecule has 138 valence electrons. The Hall–Kier alpha value is 2.88. The SMILES string of the molecule is CCCC[N+](CCCC)(CCCC)CCCC.IC(I)I.[I-]. The molecule has 0 saturated heterocycles. The van der Waals surface area contributed by atoms with Crippen molar-refractivity contribution in [1.29, 1.82) is 0 Å². The zero-order chi connectivity index (χ0) is 16.6. The highest BCUT2D eigenvalue weighted by molar-refractivity contribution is 14.3. The van der Waals surface area contributed by atoms with Gasteiger partial charge in [-0.1, -0.05) is 121 Å². The van der Waals surface area contributed by atoms with Gasteiger partial charge in [-0.25, -0.2) is 0 Å². The van der Waals surface area contributed by atoms with Crippen LogP contribution in [0.4, 0.5) is 0 Å². The summed E-state index contributed by atoms with van der Waals surface area (Å²) < 4.78 is 2.16. The molecule has 0 aliphatic heterocycles. The number of nitrogens with zero attached hydrogens (tertiary/aromatic N) is 1. The van der Waals surface area contributed by atoms with Crippen LogP contribution < -0.4 is 24.0 Å². The number of alkyl halides is 3. The molecule has 0 atom stereocenters. The Bertz CT molecular complexity index is 161. The topological polar surface area (TPSA) is 0 Å². The zero-order valence-electron chi connectivity index (χ0n) is 15.0. The van der Waals surface area contributed by atoms with Gasteiger partial charge < -0.3 is 28.5 Å². The van der Waals surface area contributed by atoms with Gasteiger partial charge in [-0.3, -0.25) is 0 Å². The molecule has 22 heavy (non-hydrogen) atoms. The van der Waals surface area contributed by atoms with Crippen LogP contribution in [0.15, 0.2) is 0 Å². The van der Waals surface area contributed by atoms with Crippen molar-refractivity contribution < 1.29 is 28.5 Å². The van der Waals surface area contributed by atoms with Crippen LogP contribution in [0, 0.1) is 0 Å². The Kier molecular flexibility index (Phi) is 29.5. The highest BCUT2D eigenvalue weighted by Crippen LogP contribution is 2.17. The van der Waals surface area contributed by atoms with Crippen molar-refractivity contribution >= 4 is 67.8 Å². The predicted molar refractivity (Wildman–Crippen MR) is 125 cm³/mol. The minimum atomic E-state index is 0. The van der Waals surface area contributed by atoms with Gasteiger partial charge in [0.1, 0.15) is -0.0619 Å². The number of quaternary nitrogens is 1. The van der Waals surface area contributed by atoms with E-state index in [1.807, 2.05) is 0 Å². The number of unbranched alkanes of at least 4 members (excludes halogenated alkanes) is 4. The molecule has 0 fully saturated rings. The third kappa shape index (κ3) is 20.9. The molecule has 0 aromatic rings. The third-order valence-electron chi connectivity index (χ3n) is 3.94. The van der Waals surface area contributed by atoms with Crippen molar-refractivity contribution in [2.45, 2.75) is 79.0 Å². The van der Waals surface area contributed by atoms with Crippen LogP contribution in [0.2, 0.25) is 0 Å². The van der Waals surface area contributed by atoms with Crippen LogP contribution in [-0.4, -0.2) is 30.6 Å². The van der Waals surface area contributed by atoms with E-state index < -0.39 is 0 Å². The van der Waals surface area contributed by atoms with Gasteiger partial charge in [0.15, 0.2) is 0 Å². The maximum absolute atomic E-state index is 2.33. The van der Waals surface area contributed by atoms with Crippen molar-refractivity contribution in [2.24, 2.45) is 0 Å². The monoisotopic (exact) mass is 763 g/mol. The van der Waals surface area contributed by atoms with E-state index in [0.717, 1.165) is -0.0619 Å². The van der Waals surface area contributed by atoms with E-state index in [4.69, 9.17) is 0 Å². The molecular formula is C17H37I4N. The number of rotatable bonds is 12. The molecule has 0 aliphatic carbocycles. The lowest BCUT2D eigenvalue weighted by molar-refractivity contribution is -0.929. The summed E-state index contributed by atoms with van der Waals surface area (Å²) in [6.45, 7) is 15.0. The highest BCUT2D eigenvalue weighted by atomic mass is 127. The van der Waals surface area contributed by atoms with Gasteiger partial charge in [-0.2, -0.15) is 0 Å². The van der Waals surface area contributed by atoms with Crippen molar-refractivity contribution in [3.8, 4) is 0 Å². The molecule has 0 spiro atoms. The molecule has 0 bridgehead atoms. The average molecular weight is 763 g/mol. The number of hydrogen-bond acceptors (Lipinski definition) is 0. The standard InChI is InChI=1S/C16H36N.CHI3.HI/c1-5-9-13-17(14-10-6-2,15-11-7-3)16-12-8-4;2-1(3)4;/h5-16H2,1-4H3;1H;1H/q+1;;/p-1. The summed E-state index contributed by atoms with van der Waals surface area (Å²) in [7, 11) is 0. The van der Waals surface area contributed by atoms with Crippen molar-refractivity contribution in [3.05, 3.63) is 0 Å². The van der Waals surface area contributed by atoms with Crippen molar-refractivity contribution in [2.75, 3.05) is 26.2 Å². The summed E-state index contributed by atoms with van der Waals surface area (Å²) in [5.41, 5.74) is 0. The second-order valence-corrected chi connectivity index (χ2v) is 16.8. The second-order valence-electron chi connectivity index (χ2n) is 5.90. The Labute approximate surface area is 198 Å². The lowest BCUT2D eigenvalue weighted by atomic mass is 10.1.